The second kappa shape index (κ2) is 6.37. The summed E-state index contributed by atoms with van der Waals surface area (Å²) < 4.78 is 4.55. The smallest absolute Gasteiger partial charge is 0.322 e. The molecule has 0 saturated heterocycles. The van der Waals surface area contributed by atoms with Crippen molar-refractivity contribution in [1.29, 1.82) is 0 Å². The van der Waals surface area contributed by atoms with Crippen LogP contribution < -0.4 is 5.32 Å². The third kappa shape index (κ3) is 5.53. The average molecular weight is 203 g/mol. The van der Waals surface area contributed by atoms with E-state index in [9.17, 15) is 9.59 Å². The molecule has 5 nitrogen and oxygen atoms in total. The first-order valence-electron chi connectivity index (χ1n) is 4.50. The van der Waals surface area contributed by atoms with Crippen molar-refractivity contribution in [3.05, 3.63) is 0 Å². The van der Waals surface area contributed by atoms with Crippen molar-refractivity contribution in [1.82, 2.24) is 5.32 Å². The Kier molecular flexibility index (Phi) is 5.87. The molecule has 0 radical (unpaired) electrons. The maximum Gasteiger partial charge on any atom is 0.322 e. The first-order chi connectivity index (χ1) is 6.47. The number of carbonyl (C=O) groups excluding carboxylic acids is 1. The number of carboxylic acid groups (broad SMARTS) is 1. The van der Waals surface area contributed by atoms with E-state index in [1.165, 1.54) is 7.11 Å². The van der Waals surface area contributed by atoms with E-state index in [1.807, 2.05) is 13.8 Å². The van der Waals surface area contributed by atoms with Crippen LogP contribution in [0.4, 0.5) is 0 Å². The molecule has 0 aromatic rings. The number of carbonyl (C=O) groups is 2. The molecule has 0 amide bonds. The van der Waals surface area contributed by atoms with Gasteiger partial charge in [-0.25, -0.2) is 0 Å². The van der Waals surface area contributed by atoms with E-state index in [2.05, 4.69) is 10.1 Å². The highest BCUT2D eigenvalue weighted by Gasteiger charge is 2.20. The van der Waals surface area contributed by atoms with Crippen molar-refractivity contribution in [3.63, 3.8) is 0 Å². The van der Waals surface area contributed by atoms with Gasteiger partial charge in [-0.05, 0) is 12.3 Å². The van der Waals surface area contributed by atoms with Gasteiger partial charge in [-0.1, -0.05) is 13.8 Å². The number of carboxylic acids is 1. The minimum atomic E-state index is -0.984. The number of aliphatic carboxylic acids is 1. The van der Waals surface area contributed by atoms with Gasteiger partial charge in [-0.15, -0.1) is 0 Å². The zero-order valence-corrected chi connectivity index (χ0v) is 8.74. The van der Waals surface area contributed by atoms with Crippen LogP contribution in [0.2, 0.25) is 0 Å². The van der Waals surface area contributed by atoms with E-state index in [0.29, 0.717) is 12.3 Å². The van der Waals surface area contributed by atoms with Crippen molar-refractivity contribution in [2.75, 3.05) is 13.7 Å². The normalized spacial score (nSPS) is 12.6. The molecule has 82 valence electrons. The summed E-state index contributed by atoms with van der Waals surface area (Å²) in [7, 11) is 1.29. The van der Waals surface area contributed by atoms with Crippen LogP contribution in [0.15, 0.2) is 0 Å². The molecule has 0 spiro atoms. The SMILES string of the molecule is COC(=O)C(CC(C)C)NCC(=O)O. The van der Waals surface area contributed by atoms with Crippen LogP contribution in [0.25, 0.3) is 0 Å². The molecule has 0 bridgehead atoms. The number of ether oxygens (including phenoxy) is 1. The summed E-state index contributed by atoms with van der Waals surface area (Å²) in [5.41, 5.74) is 0. The fraction of sp³-hybridized carbons (Fsp3) is 0.778. The molecule has 0 aliphatic rings. The Labute approximate surface area is 83.4 Å². The van der Waals surface area contributed by atoms with Crippen LogP contribution in [0, 0.1) is 5.92 Å². The maximum absolute atomic E-state index is 11.2. The van der Waals surface area contributed by atoms with Crippen molar-refractivity contribution in [2.45, 2.75) is 26.3 Å². The summed E-state index contributed by atoms with van der Waals surface area (Å²) in [4.78, 5) is 21.5. The molecule has 0 aromatic heterocycles. The van der Waals surface area contributed by atoms with Crippen molar-refractivity contribution in [3.8, 4) is 0 Å². The summed E-state index contributed by atoms with van der Waals surface area (Å²) in [5.74, 6) is -1.09. The number of nitrogens with one attached hydrogen (secondary N) is 1. The lowest BCUT2D eigenvalue weighted by atomic mass is 10.0. The molecule has 0 saturated carbocycles. The van der Waals surface area contributed by atoms with E-state index >= 15 is 0 Å². The largest absolute Gasteiger partial charge is 0.480 e. The Bertz CT molecular complexity index is 203. The number of hydrogen-bond acceptors (Lipinski definition) is 4. The van der Waals surface area contributed by atoms with E-state index in [4.69, 9.17) is 5.11 Å². The second-order valence-corrected chi connectivity index (χ2v) is 3.48. The predicted molar refractivity (Wildman–Crippen MR) is 50.9 cm³/mol. The van der Waals surface area contributed by atoms with Crippen LogP contribution in [0.1, 0.15) is 20.3 Å². The quantitative estimate of drug-likeness (QED) is 0.605. The van der Waals surface area contributed by atoms with Crippen LogP contribution in [0.3, 0.4) is 0 Å². The first kappa shape index (κ1) is 12.9. The molecular weight excluding hydrogens is 186 g/mol. The molecule has 0 rings (SSSR count). The van der Waals surface area contributed by atoms with Crippen LogP contribution in [-0.2, 0) is 14.3 Å². The van der Waals surface area contributed by atoms with Gasteiger partial charge in [-0.3, -0.25) is 14.9 Å². The summed E-state index contributed by atoms with van der Waals surface area (Å²) >= 11 is 0. The van der Waals surface area contributed by atoms with Crippen LogP contribution in [-0.4, -0.2) is 36.7 Å². The van der Waals surface area contributed by atoms with Gasteiger partial charge in [0.15, 0.2) is 0 Å². The van der Waals surface area contributed by atoms with E-state index in [1.54, 1.807) is 0 Å². The first-order valence-corrected chi connectivity index (χ1v) is 4.50. The second-order valence-electron chi connectivity index (χ2n) is 3.48. The molecule has 0 aromatic carbocycles. The van der Waals surface area contributed by atoms with E-state index < -0.39 is 18.0 Å². The minimum Gasteiger partial charge on any atom is -0.480 e. The molecule has 0 aliphatic heterocycles. The fourth-order valence-corrected chi connectivity index (χ4v) is 1.09. The Balaban J connectivity index is 4.10. The Morgan fingerprint density at radius 2 is 2.00 bits per heavy atom. The van der Waals surface area contributed by atoms with Gasteiger partial charge in [0.2, 0.25) is 0 Å². The van der Waals surface area contributed by atoms with Gasteiger partial charge in [-0.2, -0.15) is 0 Å². The number of esters is 1. The molecular formula is C9H17NO4. The minimum absolute atomic E-state index is 0.230. The monoisotopic (exact) mass is 203 g/mol. The highest BCUT2D eigenvalue weighted by molar-refractivity contribution is 5.77. The molecule has 2 N–H and O–H groups in total. The molecule has 0 heterocycles. The number of rotatable bonds is 6. The topological polar surface area (TPSA) is 75.6 Å². The molecule has 0 fully saturated rings. The standard InChI is InChI=1S/C9H17NO4/c1-6(2)4-7(9(13)14-3)10-5-8(11)12/h6-7,10H,4-5H2,1-3H3,(H,11,12). The third-order valence-corrected chi connectivity index (χ3v) is 1.69. The lowest BCUT2D eigenvalue weighted by molar-refractivity contribution is -0.144. The Morgan fingerprint density at radius 1 is 1.43 bits per heavy atom. The summed E-state index contributed by atoms with van der Waals surface area (Å²) in [6, 6.07) is -0.531. The van der Waals surface area contributed by atoms with Crippen LogP contribution >= 0.6 is 0 Å². The molecule has 1 unspecified atom stereocenters. The molecule has 5 heteroatoms. The lowest BCUT2D eigenvalue weighted by Crippen LogP contribution is -2.41. The highest BCUT2D eigenvalue weighted by atomic mass is 16.5. The summed E-state index contributed by atoms with van der Waals surface area (Å²) in [6.45, 7) is 3.68. The zero-order chi connectivity index (χ0) is 11.1. The number of hydrogen-bond donors (Lipinski definition) is 2. The van der Waals surface area contributed by atoms with Crippen molar-refractivity contribution >= 4 is 11.9 Å². The average Bonchev–Trinajstić information content (AvgIpc) is 2.10. The van der Waals surface area contributed by atoms with Gasteiger partial charge in [0.1, 0.15) is 6.04 Å². The zero-order valence-electron chi connectivity index (χ0n) is 8.74. The van der Waals surface area contributed by atoms with E-state index in [0.717, 1.165) is 0 Å². The fourth-order valence-electron chi connectivity index (χ4n) is 1.09. The molecule has 0 aliphatic carbocycles. The number of methoxy groups -OCH3 is 1. The highest BCUT2D eigenvalue weighted by Crippen LogP contribution is 2.05. The molecule has 1 atom stereocenters. The maximum atomic E-state index is 11.2. The van der Waals surface area contributed by atoms with Crippen LogP contribution in [0.5, 0.6) is 0 Å². The third-order valence-electron chi connectivity index (χ3n) is 1.69. The summed E-state index contributed by atoms with van der Waals surface area (Å²) in [5, 5.41) is 11.1. The van der Waals surface area contributed by atoms with Crippen molar-refractivity contribution < 1.29 is 19.4 Å². The van der Waals surface area contributed by atoms with Gasteiger partial charge in [0.05, 0.1) is 13.7 Å². The Hall–Kier alpha value is -1.10. The van der Waals surface area contributed by atoms with Gasteiger partial charge in [0.25, 0.3) is 0 Å². The lowest BCUT2D eigenvalue weighted by Gasteiger charge is -2.16. The van der Waals surface area contributed by atoms with E-state index in [-0.39, 0.29) is 6.54 Å². The Morgan fingerprint density at radius 3 is 2.36 bits per heavy atom. The molecule has 14 heavy (non-hydrogen) atoms. The van der Waals surface area contributed by atoms with Gasteiger partial charge in [0, 0.05) is 0 Å². The summed E-state index contributed by atoms with van der Waals surface area (Å²) in [6.07, 6.45) is 0.569. The van der Waals surface area contributed by atoms with Crippen molar-refractivity contribution in [2.24, 2.45) is 5.92 Å². The van der Waals surface area contributed by atoms with Gasteiger partial charge >= 0.3 is 11.9 Å². The van der Waals surface area contributed by atoms with Gasteiger partial charge < -0.3 is 9.84 Å². The predicted octanol–water partition coefficient (Wildman–Crippen LogP) is 0.248.